The molecule has 0 aromatic carbocycles. The first-order valence-electron chi connectivity index (χ1n) is 8.89. The average molecular weight is 329 g/mol. The van der Waals surface area contributed by atoms with Crippen molar-refractivity contribution in [3.05, 3.63) is 0 Å². The van der Waals surface area contributed by atoms with Crippen LogP contribution >= 0.6 is 0 Å². The predicted molar refractivity (Wildman–Crippen MR) is 94.6 cm³/mol. The van der Waals surface area contributed by atoms with Crippen molar-refractivity contribution in [2.45, 2.75) is 71.1 Å². The first kappa shape index (κ1) is 20.2. The molecule has 136 valence electrons. The van der Waals surface area contributed by atoms with Crippen LogP contribution in [0.5, 0.6) is 0 Å². The molecule has 2 heterocycles. The van der Waals surface area contributed by atoms with E-state index in [1.807, 2.05) is 20.8 Å². The van der Waals surface area contributed by atoms with Crippen molar-refractivity contribution in [1.29, 1.82) is 0 Å². The number of ether oxygens (including phenoxy) is 1. The molecule has 2 saturated heterocycles. The quantitative estimate of drug-likeness (QED) is 0.735. The van der Waals surface area contributed by atoms with Gasteiger partial charge < -0.3 is 26.0 Å². The van der Waals surface area contributed by atoms with Gasteiger partial charge in [-0.3, -0.25) is 0 Å². The highest BCUT2D eigenvalue weighted by Crippen LogP contribution is 2.19. The van der Waals surface area contributed by atoms with Crippen LogP contribution in [0.25, 0.3) is 0 Å². The van der Waals surface area contributed by atoms with Crippen LogP contribution < -0.4 is 16.4 Å². The van der Waals surface area contributed by atoms with Crippen molar-refractivity contribution in [3.8, 4) is 0 Å². The van der Waals surface area contributed by atoms with Gasteiger partial charge in [-0.2, -0.15) is 0 Å². The van der Waals surface area contributed by atoms with Crippen molar-refractivity contribution in [3.63, 3.8) is 0 Å². The van der Waals surface area contributed by atoms with Gasteiger partial charge in [0.25, 0.3) is 0 Å². The van der Waals surface area contributed by atoms with E-state index in [1.54, 1.807) is 0 Å². The number of nitrogens with one attached hydrogen (secondary N) is 2. The highest BCUT2D eigenvalue weighted by molar-refractivity contribution is 5.69. The van der Waals surface area contributed by atoms with Crippen LogP contribution in [-0.4, -0.2) is 60.9 Å². The van der Waals surface area contributed by atoms with Crippen LogP contribution in [-0.2, 0) is 4.74 Å². The summed E-state index contributed by atoms with van der Waals surface area (Å²) in [5, 5.41) is 6.24. The van der Waals surface area contributed by atoms with Gasteiger partial charge in [0.05, 0.1) is 5.54 Å². The summed E-state index contributed by atoms with van der Waals surface area (Å²) < 4.78 is 5.25. The van der Waals surface area contributed by atoms with Crippen LogP contribution in [0.4, 0.5) is 4.79 Å². The number of rotatable bonds is 3. The molecule has 0 saturated carbocycles. The second-order valence-corrected chi connectivity index (χ2v) is 7.63. The highest BCUT2D eigenvalue weighted by atomic mass is 16.6. The number of nitrogens with two attached hydrogens (primary N) is 1. The van der Waals surface area contributed by atoms with Crippen molar-refractivity contribution < 1.29 is 9.53 Å². The van der Waals surface area contributed by atoms with E-state index in [4.69, 9.17) is 10.5 Å². The van der Waals surface area contributed by atoms with Crippen molar-refractivity contribution >= 4 is 6.09 Å². The van der Waals surface area contributed by atoms with E-state index >= 15 is 0 Å². The maximum atomic E-state index is 11.6. The molecule has 1 unspecified atom stereocenters. The smallest absolute Gasteiger partial charge is 0.408 e. The molecule has 6 nitrogen and oxygen atoms in total. The standard InChI is InChI=1S/C11H22N2O2.C6H14N2/c1-5-11(6-7-12-8-11)13-9(14)15-10(2,3)4;1-2-8-4-3-6(7)5-8/h12H,5-8H2,1-4H3,(H,13,14);6H,2-5,7H2,1H3/t11-;/m1./s1. The molecule has 4 N–H and O–H groups in total. The summed E-state index contributed by atoms with van der Waals surface area (Å²) in [6, 6.07) is 0.454. The molecule has 0 aromatic rings. The summed E-state index contributed by atoms with van der Waals surface area (Å²) in [6.07, 6.45) is 2.78. The fourth-order valence-electron chi connectivity index (χ4n) is 2.91. The van der Waals surface area contributed by atoms with Crippen molar-refractivity contribution in [2.75, 3.05) is 32.7 Å². The third kappa shape index (κ3) is 7.50. The van der Waals surface area contributed by atoms with Crippen molar-refractivity contribution in [1.82, 2.24) is 15.5 Å². The summed E-state index contributed by atoms with van der Waals surface area (Å²) in [5.74, 6) is 0. The van der Waals surface area contributed by atoms with Crippen LogP contribution in [0.1, 0.15) is 53.9 Å². The molecule has 2 aliphatic heterocycles. The molecule has 1 amide bonds. The number of likely N-dealkylation sites (N-methyl/N-ethyl adjacent to an activating group) is 1. The van der Waals surface area contributed by atoms with Gasteiger partial charge in [-0.15, -0.1) is 0 Å². The van der Waals surface area contributed by atoms with Gasteiger partial charge >= 0.3 is 6.09 Å². The Morgan fingerprint density at radius 2 is 2.13 bits per heavy atom. The van der Waals surface area contributed by atoms with Gasteiger partial charge in [-0.1, -0.05) is 13.8 Å². The zero-order valence-electron chi connectivity index (χ0n) is 15.6. The minimum atomic E-state index is -0.426. The van der Waals surface area contributed by atoms with Crippen LogP contribution in [0, 0.1) is 0 Å². The lowest BCUT2D eigenvalue weighted by Gasteiger charge is -2.30. The molecule has 0 radical (unpaired) electrons. The lowest BCUT2D eigenvalue weighted by Crippen LogP contribution is -2.51. The Kier molecular flexibility index (Phi) is 7.77. The SMILES string of the molecule is CCN1CCC(N)C1.CC[C@@]1(NC(=O)OC(C)(C)C)CCNC1. The molecule has 23 heavy (non-hydrogen) atoms. The third-order valence-electron chi connectivity index (χ3n) is 4.44. The number of likely N-dealkylation sites (tertiary alicyclic amines) is 1. The molecule has 2 rings (SSSR count). The maximum absolute atomic E-state index is 11.6. The first-order valence-corrected chi connectivity index (χ1v) is 8.89. The summed E-state index contributed by atoms with van der Waals surface area (Å²) in [7, 11) is 0. The van der Waals surface area contributed by atoms with Gasteiger partial charge in [-0.25, -0.2) is 4.79 Å². The van der Waals surface area contributed by atoms with E-state index in [2.05, 4.69) is 29.4 Å². The number of carbonyl (C=O) groups is 1. The van der Waals surface area contributed by atoms with Crippen LogP contribution in [0.2, 0.25) is 0 Å². The van der Waals surface area contributed by atoms with E-state index in [0.29, 0.717) is 6.04 Å². The van der Waals surface area contributed by atoms with E-state index in [0.717, 1.165) is 39.0 Å². The number of nitrogens with zero attached hydrogens (tertiary/aromatic N) is 1. The Hall–Kier alpha value is -0.850. The molecular formula is C17H36N4O2. The Bertz CT molecular complexity index is 362. The largest absolute Gasteiger partial charge is 0.444 e. The zero-order chi connectivity index (χ0) is 17.5. The van der Waals surface area contributed by atoms with Gasteiger partial charge in [-0.05, 0) is 59.7 Å². The normalized spacial score (nSPS) is 28.2. The number of carbonyl (C=O) groups excluding carboxylic acids is 1. The number of hydrogen-bond donors (Lipinski definition) is 3. The molecule has 2 fully saturated rings. The average Bonchev–Trinajstić information content (AvgIpc) is 3.07. The molecule has 0 bridgehead atoms. The Balaban J connectivity index is 0.000000277. The maximum Gasteiger partial charge on any atom is 0.408 e. The lowest BCUT2D eigenvalue weighted by molar-refractivity contribution is 0.0461. The Morgan fingerprint density at radius 1 is 1.43 bits per heavy atom. The fourth-order valence-corrected chi connectivity index (χ4v) is 2.91. The van der Waals surface area contributed by atoms with Crippen LogP contribution in [0.15, 0.2) is 0 Å². The Morgan fingerprint density at radius 3 is 2.48 bits per heavy atom. The monoisotopic (exact) mass is 328 g/mol. The summed E-state index contributed by atoms with van der Waals surface area (Å²) >= 11 is 0. The number of amides is 1. The van der Waals surface area contributed by atoms with Gasteiger partial charge in [0.1, 0.15) is 5.60 Å². The van der Waals surface area contributed by atoms with Gasteiger partial charge in [0.15, 0.2) is 0 Å². The summed E-state index contributed by atoms with van der Waals surface area (Å²) in [4.78, 5) is 14.0. The molecule has 0 spiro atoms. The zero-order valence-corrected chi connectivity index (χ0v) is 15.6. The first-order chi connectivity index (χ1) is 10.7. The molecule has 0 aliphatic carbocycles. The summed E-state index contributed by atoms with van der Waals surface area (Å²) in [6.45, 7) is 15.2. The fraction of sp³-hybridized carbons (Fsp3) is 0.941. The van der Waals surface area contributed by atoms with E-state index in [-0.39, 0.29) is 11.6 Å². The van der Waals surface area contributed by atoms with Crippen LogP contribution in [0.3, 0.4) is 0 Å². The van der Waals surface area contributed by atoms with Gasteiger partial charge in [0.2, 0.25) is 0 Å². The molecule has 2 atom stereocenters. The highest BCUT2D eigenvalue weighted by Gasteiger charge is 2.34. The second kappa shape index (κ2) is 8.85. The van der Waals surface area contributed by atoms with E-state index in [1.165, 1.54) is 13.0 Å². The van der Waals surface area contributed by atoms with E-state index < -0.39 is 5.60 Å². The topological polar surface area (TPSA) is 79.6 Å². The minimum absolute atomic E-state index is 0.109. The lowest BCUT2D eigenvalue weighted by atomic mass is 9.96. The minimum Gasteiger partial charge on any atom is -0.444 e. The third-order valence-corrected chi connectivity index (χ3v) is 4.44. The summed E-state index contributed by atoms with van der Waals surface area (Å²) in [5.41, 5.74) is 5.12. The van der Waals surface area contributed by atoms with Gasteiger partial charge in [0, 0.05) is 19.1 Å². The molecule has 0 aromatic heterocycles. The predicted octanol–water partition coefficient (Wildman–Crippen LogP) is 1.69. The van der Waals surface area contributed by atoms with E-state index in [9.17, 15) is 4.79 Å². The molecular weight excluding hydrogens is 292 g/mol. The number of alkyl carbamates (subject to hydrolysis) is 1. The molecule has 2 aliphatic rings. The second-order valence-electron chi connectivity index (χ2n) is 7.63. The van der Waals surface area contributed by atoms with Crippen molar-refractivity contribution in [2.24, 2.45) is 5.73 Å². The Labute approximate surface area is 141 Å². The number of hydrogen-bond acceptors (Lipinski definition) is 5. The molecule has 6 heteroatoms.